The van der Waals surface area contributed by atoms with Crippen LogP contribution < -0.4 is 5.32 Å². The lowest BCUT2D eigenvalue weighted by Crippen LogP contribution is -2.13. The Morgan fingerprint density at radius 3 is 3.06 bits per heavy atom. The molecule has 0 atom stereocenters. The number of nitriles is 1. The van der Waals surface area contributed by atoms with Gasteiger partial charge in [-0.05, 0) is 42.8 Å². The molecule has 1 N–H and O–H groups in total. The van der Waals surface area contributed by atoms with Gasteiger partial charge in [-0.15, -0.1) is 11.8 Å². The number of nitrogens with zero attached hydrogens (tertiary/aromatic N) is 1. The SMILES string of the molecule is CCCNCc1cccc(SCCCC#N)c1. The van der Waals surface area contributed by atoms with Gasteiger partial charge < -0.3 is 5.32 Å². The quantitative estimate of drug-likeness (QED) is 0.564. The molecule has 0 amide bonds. The second-order valence-electron chi connectivity index (χ2n) is 3.93. The summed E-state index contributed by atoms with van der Waals surface area (Å²) in [5.41, 5.74) is 1.34. The Bertz CT molecular complexity index is 357. The molecule has 0 aliphatic rings. The van der Waals surface area contributed by atoms with Crippen LogP contribution >= 0.6 is 11.8 Å². The average molecular weight is 248 g/mol. The van der Waals surface area contributed by atoms with Crippen molar-refractivity contribution in [2.45, 2.75) is 37.6 Å². The van der Waals surface area contributed by atoms with E-state index in [9.17, 15) is 0 Å². The first-order chi connectivity index (χ1) is 8.36. The first-order valence-electron chi connectivity index (χ1n) is 6.16. The van der Waals surface area contributed by atoms with Crippen LogP contribution in [-0.2, 0) is 6.54 Å². The van der Waals surface area contributed by atoms with E-state index >= 15 is 0 Å². The Kier molecular flexibility index (Phi) is 7.53. The number of hydrogen-bond acceptors (Lipinski definition) is 3. The second-order valence-corrected chi connectivity index (χ2v) is 5.10. The number of nitrogens with one attached hydrogen (secondary N) is 1. The molecule has 0 heterocycles. The van der Waals surface area contributed by atoms with Crippen molar-refractivity contribution < 1.29 is 0 Å². The first kappa shape index (κ1) is 14.1. The van der Waals surface area contributed by atoms with E-state index < -0.39 is 0 Å². The molecule has 2 nitrogen and oxygen atoms in total. The molecule has 0 aromatic heterocycles. The number of thioether (sulfide) groups is 1. The van der Waals surface area contributed by atoms with Gasteiger partial charge in [-0.2, -0.15) is 5.26 Å². The lowest BCUT2D eigenvalue weighted by atomic mass is 10.2. The highest BCUT2D eigenvalue weighted by Crippen LogP contribution is 2.20. The Hall–Kier alpha value is -0.980. The van der Waals surface area contributed by atoms with Gasteiger partial charge in [0.05, 0.1) is 6.07 Å². The summed E-state index contributed by atoms with van der Waals surface area (Å²) in [6, 6.07) is 10.8. The van der Waals surface area contributed by atoms with Crippen molar-refractivity contribution >= 4 is 11.8 Å². The molecular weight excluding hydrogens is 228 g/mol. The molecule has 0 aliphatic heterocycles. The van der Waals surface area contributed by atoms with Crippen LogP contribution in [0, 0.1) is 11.3 Å². The van der Waals surface area contributed by atoms with Crippen molar-refractivity contribution in [2.24, 2.45) is 0 Å². The van der Waals surface area contributed by atoms with E-state index in [0.717, 1.165) is 25.3 Å². The zero-order valence-corrected chi connectivity index (χ0v) is 11.2. The lowest BCUT2D eigenvalue weighted by Gasteiger charge is -2.05. The number of hydrogen-bond donors (Lipinski definition) is 1. The summed E-state index contributed by atoms with van der Waals surface area (Å²) in [4.78, 5) is 1.30. The number of unbranched alkanes of at least 4 members (excludes halogenated alkanes) is 1. The normalized spacial score (nSPS) is 10.1. The molecule has 0 unspecified atom stereocenters. The summed E-state index contributed by atoms with van der Waals surface area (Å²) in [6.07, 6.45) is 2.80. The minimum Gasteiger partial charge on any atom is -0.313 e. The predicted molar refractivity (Wildman–Crippen MR) is 74.0 cm³/mol. The average Bonchev–Trinajstić information content (AvgIpc) is 2.36. The maximum atomic E-state index is 8.46. The summed E-state index contributed by atoms with van der Waals surface area (Å²) >= 11 is 1.83. The molecule has 1 aromatic rings. The van der Waals surface area contributed by atoms with Crippen molar-refractivity contribution in [3.05, 3.63) is 29.8 Å². The Labute approximate surface area is 108 Å². The second kappa shape index (κ2) is 9.09. The van der Waals surface area contributed by atoms with Crippen LogP contribution in [0.4, 0.5) is 0 Å². The van der Waals surface area contributed by atoms with Crippen molar-refractivity contribution in [3.8, 4) is 6.07 Å². The minimum atomic E-state index is 0.657. The highest BCUT2D eigenvalue weighted by atomic mass is 32.2. The van der Waals surface area contributed by atoms with Gasteiger partial charge in [-0.1, -0.05) is 19.1 Å². The number of rotatable bonds is 8. The molecule has 0 radical (unpaired) electrons. The Morgan fingerprint density at radius 1 is 1.41 bits per heavy atom. The van der Waals surface area contributed by atoms with Gasteiger partial charge in [0.15, 0.2) is 0 Å². The van der Waals surface area contributed by atoms with Gasteiger partial charge in [-0.3, -0.25) is 0 Å². The van der Waals surface area contributed by atoms with Crippen molar-refractivity contribution in [1.82, 2.24) is 5.32 Å². The summed E-state index contributed by atoms with van der Waals surface area (Å²) < 4.78 is 0. The van der Waals surface area contributed by atoms with E-state index in [-0.39, 0.29) is 0 Å². The largest absolute Gasteiger partial charge is 0.313 e. The molecule has 92 valence electrons. The van der Waals surface area contributed by atoms with Crippen LogP contribution in [0.15, 0.2) is 29.2 Å². The molecular formula is C14H20N2S. The Morgan fingerprint density at radius 2 is 2.29 bits per heavy atom. The number of benzene rings is 1. The van der Waals surface area contributed by atoms with Crippen LogP contribution in [0.2, 0.25) is 0 Å². The maximum absolute atomic E-state index is 8.46. The third-order valence-corrected chi connectivity index (χ3v) is 3.44. The summed E-state index contributed by atoms with van der Waals surface area (Å²) in [6.45, 7) is 4.19. The van der Waals surface area contributed by atoms with Crippen LogP contribution in [0.25, 0.3) is 0 Å². The van der Waals surface area contributed by atoms with E-state index in [4.69, 9.17) is 5.26 Å². The van der Waals surface area contributed by atoms with Crippen molar-refractivity contribution in [2.75, 3.05) is 12.3 Å². The van der Waals surface area contributed by atoms with E-state index in [1.807, 2.05) is 11.8 Å². The zero-order chi connectivity index (χ0) is 12.3. The molecule has 17 heavy (non-hydrogen) atoms. The summed E-state index contributed by atoms with van der Waals surface area (Å²) in [7, 11) is 0. The molecule has 0 saturated heterocycles. The molecule has 0 spiro atoms. The van der Waals surface area contributed by atoms with Crippen molar-refractivity contribution in [3.63, 3.8) is 0 Å². The van der Waals surface area contributed by atoms with E-state index in [1.54, 1.807) is 0 Å². The maximum Gasteiger partial charge on any atom is 0.0622 e. The molecule has 1 rings (SSSR count). The predicted octanol–water partition coefficient (Wildman–Crippen LogP) is 3.58. The van der Waals surface area contributed by atoms with Crippen LogP contribution in [-0.4, -0.2) is 12.3 Å². The molecule has 0 saturated carbocycles. The van der Waals surface area contributed by atoms with Crippen LogP contribution in [0.1, 0.15) is 31.7 Å². The molecule has 0 fully saturated rings. The van der Waals surface area contributed by atoms with Gasteiger partial charge >= 0.3 is 0 Å². The highest BCUT2D eigenvalue weighted by molar-refractivity contribution is 7.99. The van der Waals surface area contributed by atoms with Gasteiger partial charge in [0.1, 0.15) is 0 Å². The fourth-order valence-corrected chi connectivity index (χ4v) is 2.43. The Balaban J connectivity index is 2.34. The van der Waals surface area contributed by atoms with E-state index in [2.05, 4.69) is 42.6 Å². The van der Waals surface area contributed by atoms with E-state index in [0.29, 0.717) is 6.42 Å². The summed E-state index contributed by atoms with van der Waals surface area (Å²) in [5.74, 6) is 1.03. The first-order valence-corrected chi connectivity index (χ1v) is 7.14. The lowest BCUT2D eigenvalue weighted by molar-refractivity contribution is 0.674. The van der Waals surface area contributed by atoms with Crippen LogP contribution in [0.3, 0.4) is 0 Å². The van der Waals surface area contributed by atoms with E-state index in [1.165, 1.54) is 16.9 Å². The third-order valence-electron chi connectivity index (χ3n) is 2.36. The fourth-order valence-electron chi connectivity index (χ4n) is 1.50. The van der Waals surface area contributed by atoms with Gasteiger partial charge in [0.25, 0.3) is 0 Å². The smallest absolute Gasteiger partial charge is 0.0622 e. The van der Waals surface area contributed by atoms with Crippen LogP contribution in [0.5, 0.6) is 0 Å². The molecule has 3 heteroatoms. The minimum absolute atomic E-state index is 0.657. The van der Waals surface area contributed by atoms with Crippen molar-refractivity contribution in [1.29, 1.82) is 5.26 Å². The molecule has 1 aromatic carbocycles. The molecule has 0 aliphatic carbocycles. The standard InChI is InChI=1S/C14H20N2S/c1-2-9-16-12-13-6-5-7-14(11-13)17-10-4-3-8-15/h5-7,11,16H,2-4,9-10,12H2,1H3. The zero-order valence-electron chi connectivity index (χ0n) is 10.4. The summed E-state index contributed by atoms with van der Waals surface area (Å²) in [5, 5.41) is 11.9. The van der Waals surface area contributed by atoms with Gasteiger partial charge in [0, 0.05) is 17.9 Å². The molecule has 0 bridgehead atoms. The third kappa shape index (κ3) is 6.35. The topological polar surface area (TPSA) is 35.8 Å². The monoisotopic (exact) mass is 248 g/mol. The van der Waals surface area contributed by atoms with Gasteiger partial charge in [-0.25, -0.2) is 0 Å². The fraction of sp³-hybridized carbons (Fsp3) is 0.500. The van der Waals surface area contributed by atoms with Gasteiger partial charge in [0.2, 0.25) is 0 Å². The highest BCUT2D eigenvalue weighted by Gasteiger charge is 1.97.